The Hall–Kier alpha value is -1.37. The first-order valence-electron chi connectivity index (χ1n) is 6.05. The standard InChI is InChI=1S/C14H20N2O/c1-3-14(17,4-2)11-16-10-13-7-5-12(9-15)6-8-13/h5-8,16-17H,3-4,10-11H2,1-2H3. The molecule has 0 aliphatic heterocycles. The van der Waals surface area contributed by atoms with Gasteiger partial charge in [-0.2, -0.15) is 5.26 Å². The van der Waals surface area contributed by atoms with Gasteiger partial charge in [0.25, 0.3) is 0 Å². The Labute approximate surface area is 103 Å². The van der Waals surface area contributed by atoms with Crippen molar-refractivity contribution in [2.75, 3.05) is 6.54 Å². The summed E-state index contributed by atoms with van der Waals surface area (Å²) in [5.41, 5.74) is 1.19. The molecule has 0 aliphatic rings. The van der Waals surface area contributed by atoms with Gasteiger partial charge in [-0.05, 0) is 30.5 Å². The lowest BCUT2D eigenvalue weighted by atomic mass is 9.97. The highest BCUT2D eigenvalue weighted by Gasteiger charge is 2.20. The summed E-state index contributed by atoms with van der Waals surface area (Å²) in [6.07, 6.45) is 1.51. The second kappa shape index (κ2) is 6.39. The zero-order valence-electron chi connectivity index (χ0n) is 10.5. The Morgan fingerprint density at radius 3 is 2.29 bits per heavy atom. The molecule has 1 rings (SSSR count). The minimum absolute atomic E-state index is 0.597. The highest BCUT2D eigenvalue weighted by Crippen LogP contribution is 2.13. The van der Waals surface area contributed by atoms with E-state index in [1.807, 2.05) is 38.1 Å². The number of rotatable bonds is 6. The van der Waals surface area contributed by atoms with Crippen molar-refractivity contribution in [2.24, 2.45) is 0 Å². The summed E-state index contributed by atoms with van der Waals surface area (Å²) in [4.78, 5) is 0. The highest BCUT2D eigenvalue weighted by atomic mass is 16.3. The predicted octanol–water partition coefficient (Wildman–Crippen LogP) is 2.20. The molecule has 0 saturated heterocycles. The van der Waals surface area contributed by atoms with E-state index in [2.05, 4.69) is 11.4 Å². The Morgan fingerprint density at radius 2 is 1.82 bits per heavy atom. The molecule has 1 aromatic carbocycles. The van der Waals surface area contributed by atoms with Gasteiger partial charge in [-0.25, -0.2) is 0 Å². The molecule has 0 atom stereocenters. The molecule has 3 heteroatoms. The van der Waals surface area contributed by atoms with E-state index in [0.29, 0.717) is 18.7 Å². The molecule has 0 bridgehead atoms. The summed E-state index contributed by atoms with van der Waals surface area (Å²) < 4.78 is 0. The second-order valence-electron chi connectivity index (χ2n) is 4.34. The van der Waals surface area contributed by atoms with Crippen molar-refractivity contribution in [1.29, 1.82) is 5.26 Å². The minimum atomic E-state index is -0.605. The van der Waals surface area contributed by atoms with E-state index in [1.165, 1.54) is 0 Å². The summed E-state index contributed by atoms with van der Waals surface area (Å²) in [6.45, 7) is 5.30. The molecular formula is C14H20N2O. The van der Waals surface area contributed by atoms with Crippen LogP contribution in [0.15, 0.2) is 24.3 Å². The highest BCUT2D eigenvalue weighted by molar-refractivity contribution is 5.31. The largest absolute Gasteiger partial charge is 0.389 e. The molecular weight excluding hydrogens is 212 g/mol. The number of nitriles is 1. The van der Waals surface area contributed by atoms with Crippen LogP contribution in [0, 0.1) is 11.3 Å². The zero-order chi connectivity index (χ0) is 12.7. The summed E-state index contributed by atoms with van der Waals surface area (Å²) >= 11 is 0. The normalized spacial score (nSPS) is 11.2. The predicted molar refractivity (Wildman–Crippen MR) is 68.4 cm³/mol. The Balaban J connectivity index is 2.43. The summed E-state index contributed by atoms with van der Waals surface area (Å²) in [7, 11) is 0. The molecule has 0 spiro atoms. The fraction of sp³-hybridized carbons (Fsp3) is 0.500. The van der Waals surface area contributed by atoms with Gasteiger partial charge in [0.05, 0.1) is 17.2 Å². The lowest BCUT2D eigenvalue weighted by Crippen LogP contribution is -2.39. The quantitative estimate of drug-likeness (QED) is 0.790. The van der Waals surface area contributed by atoms with Crippen LogP contribution in [-0.2, 0) is 6.54 Å². The first kappa shape index (κ1) is 13.7. The molecule has 1 aromatic rings. The maximum absolute atomic E-state index is 10.1. The molecule has 92 valence electrons. The first-order chi connectivity index (χ1) is 8.13. The van der Waals surface area contributed by atoms with E-state index >= 15 is 0 Å². The van der Waals surface area contributed by atoms with Crippen LogP contribution in [0.3, 0.4) is 0 Å². The number of nitrogens with zero attached hydrogens (tertiary/aromatic N) is 1. The van der Waals surface area contributed by atoms with E-state index in [0.717, 1.165) is 18.4 Å². The van der Waals surface area contributed by atoms with Crippen LogP contribution in [0.25, 0.3) is 0 Å². The van der Waals surface area contributed by atoms with Crippen molar-refractivity contribution in [1.82, 2.24) is 5.32 Å². The molecule has 0 aliphatic carbocycles. The maximum atomic E-state index is 10.1. The third-order valence-corrected chi connectivity index (χ3v) is 3.18. The molecule has 0 radical (unpaired) electrons. The molecule has 17 heavy (non-hydrogen) atoms. The van der Waals surface area contributed by atoms with Crippen molar-refractivity contribution in [3.8, 4) is 6.07 Å². The SMILES string of the molecule is CCC(O)(CC)CNCc1ccc(C#N)cc1. The van der Waals surface area contributed by atoms with Crippen molar-refractivity contribution >= 4 is 0 Å². The smallest absolute Gasteiger partial charge is 0.0991 e. The second-order valence-corrected chi connectivity index (χ2v) is 4.34. The zero-order valence-corrected chi connectivity index (χ0v) is 10.5. The first-order valence-corrected chi connectivity index (χ1v) is 6.05. The lowest BCUT2D eigenvalue weighted by Gasteiger charge is -2.25. The Morgan fingerprint density at radius 1 is 1.24 bits per heavy atom. The van der Waals surface area contributed by atoms with E-state index in [-0.39, 0.29) is 0 Å². The molecule has 3 nitrogen and oxygen atoms in total. The van der Waals surface area contributed by atoms with Crippen molar-refractivity contribution in [3.63, 3.8) is 0 Å². The topological polar surface area (TPSA) is 56.0 Å². The molecule has 0 fully saturated rings. The van der Waals surface area contributed by atoms with E-state index < -0.39 is 5.60 Å². The minimum Gasteiger partial charge on any atom is -0.389 e. The molecule has 0 saturated carbocycles. The number of nitrogens with one attached hydrogen (secondary N) is 1. The van der Waals surface area contributed by atoms with Crippen LogP contribution >= 0.6 is 0 Å². The van der Waals surface area contributed by atoms with Gasteiger partial charge in [0.15, 0.2) is 0 Å². The van der Waals surface area contributed by atoms with Gasteiger partial charge >= 0.3 is 0 Å². The van der Waals surface area contributed by atoms with Gasteiger partial charge < -0.3 is 10.4 Å². The van der Waals surface area contributed by atoms with Gasteiger partial charge in [-0.15, -0.1) is 0 Å². The maximum Gasteiger partial charge on any atom is 0.0991 e. The molecule has 0 amide bonds. The number of aliphatic hydroxyl groups is 1. The van der Waals surface area contributed by atoms with E-state index in [9.17, 15) is 5.11 Å². The Bertz CT molecular complexity index is 374. The van der Waals surface area contributed by atoms with Crippen molar-refractivity contribution < 1.29 is 5.11 Å². The summed E-state index contributed by atoms with van der Waals surface area (Å²) in [6, 6.07) is 9.58. The van der Waals surface area contributed by atoms with Crippen molar-refractivity contribution in [2.45, 2.75) is 38.8 Å². The number of benzene rings is 1. The monoisotopic (exact) mass is 232 g/mol. The van der Waals surface area contributed by atoms with Gasteiger partial charge in [0.2, 0.25) is 0 Å². The van der Waals surface area contributed by atoms with Gasteiger partial charge in [-0.1, -0.05) is 26.0 Å². The Kier molecular flexibility index (Phi) is 5.14. The van der Waals surface area contributed by atoms with Gasteiger partial charge in [0.1, 0.15) is 0 Å². The summed E-state index contributed by atoms with van der Waals surface area (Å²) in [5, 5.41) is 22.0. The third kappa shape index (κ3) is 4.18. The molecule has 0 unspecified atom stereocenters. The molecule has 0 heterocycles. The average molecular weight is 232 g/mol. The van der Waals surface area contributed by atoms with E-state index in [4.69, 9.17) is 5.26 Å². The fourth-order valence-electron chi connectivity index (χ4n) is 1.64. The molecule has 2 N–H and O–H groups in total. The third-order valence-electron chi connectivity index (χ3n) is 3.18. The van der Waals surface area contributed by atoms with Gasteiger partial charge in [0, 0.05) is 13.1 Å². The van der Waals surface area contributed by atoms with Crippen molar-refractivity contribution in [3.05, 3.63) is 35.4 Å². The number of hydrogen-bond donors (Lipinski definition) is 2. The molecule has 0 aromatic heterocycles. The fourth-order valence-corrected chi connectivity index (χ4v) is 1.64. The lowest BCUT2D eigenvalue weighted by molar-refractivity contribution is 0.0323. The van der Waals surface area contributed by atoms with Crippen LogP contribution in [0.5, 0.6) is 0 Å². The number of hydrogen-bond acceptors (Lipinski definition) is 3. The summed E-state index contributed by atoms with van der Waals surface area (Å²) in [5.74, 6) is 0. The van der Waals surface area contributed by atoms with Crippen LogP contribution in [0.1, 0.15) is 37.8 Å². The van der Waals surface area contributed by atoms with Crippen LogP contribution in [0.4, 0.5) is 0 Å². The van der Waals surface area contributed by atoms with Crippen LogP contribution in [0.2, 0.25) is 0 Å². The average Bonchev–Trinajstić information content (AvgIpc) is 2.39. The van der Waals surface area contributed by atoms with Gasteiger partial charge in [-0.3, -0.25) is 0 Å². The van der Waals surface area contributed by atoms with E-state index in [1.54, 1.807) is 0 Å². The van der Waals surface area contributed by atoms with Crippen LogP contribution in [-0.4, -0.2) is 17.3 Å². The van der Waals surface area contributed by atoms with Crippen LogP contribution < -0.4 is 5.32 Å².